The van der Waals surface area contributed by atoms with Gasteiger partial charge in [0.05, 0.1) is 28.4 Å². The molecule has 0 heterocycles. The first-order chi connectivity index (χ1) is 18.3. The first-order valence-electron chi connectivity index (χ1n) is 11.4. The van der Waals surface area contributed by atoms with E-state index in [2.05, 4.69) is 10.5 Å². The molecule has 0 atom stereocenters. The van der Waals surface area contributed by atoms with Crippen molar-refractivity contribution in [2.24, 2.45) is 5.10 Å². The van der Waals surface area contributed by atoms with Crippen LogP contribution < -0.4 is 14.9 Å². The maximum atomic E-state index is 13.2. The number of amides is 1. The van der Waals surface area contributed by atoms with Crippen molar-refractivity contribution in [3.05, 3.63) is 128 Å². The Hall–Kier alpha value is -3.55. The van der Waals surface area contributed by atoms with E-state index in [0.29, 0.717) is 38.2 Å². The quantitative estimate of drug-likeness (QED) is 0.175. The molecule has 0 bridgehead atoms. The Kier molecular flexibility index (Phi) is 8.92. The normalized spacial score (nSPS) is 11.4. The molecule has 0 aromatic heterocycles. The number of halogens is 3. The number of rotatable bonds is 9. The minimum absolute atomic E-state index is 0.189. The highest BCUT2D eigenvalue weighted by atomic mass is 35.5. The van der Waals surface area contributed by atoms with E-state index in [0.717, 1.165) is 5.56 Å². The van der Waals surface area contributed by atoms with Crippen LogP contribution in [0.5, 0.6) is 11.5 Å². The van der Waals surface area contributed by atoms with Gasteiger partial charge in [-0.2, -0.15) is 5.10 Å². The molecular formula is C29H23Cl3N2O4. The van der Waals surface area contributed by atoms with Gasteiger partial charge in [0.25, 0.3) is 5.91 Å². The van der Waals surface area contributed by atoms with Gasteiger partial charge in [0, 0.05) is 0 Å². The Bertz CT molecular complexity index is 1410. The van der Waals surface area contributed by atoms with Gasteiger partial charge in [-0.05, 0) is 46.5 Å². The van der Waals surface area contributed by atoms with Crippen LogP contribution in [-0.2, 0) is 17.0 Å². The molecule has 0 fully saturated rings. The molecule has 0 aliphatic rings. The fourth-order valence-electron chi connectivity index (χ4n) is 3.77. The number of nitrogens with zero attached hydrogens (tertiary/aromatic N) is 1. The molecule has 1 amide bonds. The minimum atomic E-state index is -1.95. The Balaban J connectivity index is 1.52. The zero-order valence-corrected chi connectivity index (χ0v) is 22.5. The standard InChI is InChI=1S/C29H23Cl3N2O4/c1-37-26-16-20(15-25(32)27(26)38-18-19-12-13-23(30)24(31)14-19)17-33-34-28(35)29(36,21-8-4-2-5-9-21)22-10-6-3-7-11-22/h2-17,36H,18H2,1H3,(H,34,35)/b33-17-. The van der Waals surface area contributed by atoms with Crippen LogP contribution in [0.4, 0.5) is 0 Å². The lowest BCUT2D eigenvalue weighted by molar-refractivity contribution is -0.136. The van der Waals surface area contributed by atoms with Crippen LogP contribution in [0.2, 0.25) is 15.1 Å². The number of hydrazone groups is 1. The molecule has 194 valence electrons. The van der Waals surface area contributed by atoms with Gasteiger partial charge in [-0.25, -0.2) is 5.43 Å². The Labute approximate surface area is 235 Å². The van der Waals surface area contributed by atoms with Crippen molar-refractivity contribution in [3.63, 3.8) is 0 Å². The topological polar surface area (TPSA) is 80.2 Å². The van der Waals surface area contributed by atoms with Crippen molar-refractivity contribution in [2.75, 3.05) is 7.11 Å². The van der Waals surface area contributed by atoms with E-state index in [-0.39, 0.29) is 11.6 Å². The van der Waals surface area contributed by atoms with Crippen molar-refractivity contribution in [1.29, 1.82) is 0 Å². The molecule has 6 nitrogen and oxygen atoms in total. The van der Waals surface area contributed by atoms with Crippen molar-refractivity contribution in [1.82, 2.24) is 5.43 Å². The Morgan fingerprint density at radius 3 is 2.11 bits per heavy atom. The number of nitrogens with one attached hydrogen (secondary N) is 1. The molecule has 4 aromatic rings. The van der Waals surface area contributed by atoms with E-state index in [9.17, 15) is 9.90 Å². The molecule has 38 heavy (non-hydrogen) atoms. The maximum absolute atomic E-state index is 13.2. The number of methoxy groups -OCH3 is 1. The van der Waals surface area contributed by atoms with Crippen LogP contribution in [0.15, 0.2) is 96.1 Å². The molecule has 0 unspecified atom stereocenters. The van der Waals surface area contributed by atoms with Crippen LogP contribution in [0.25, 0.3) is 0 Å². The number of hydrogen-bond acceptors (Lipinski definition) is 5. The minimum Gasteiger partial charge on any atom is -0.493 e. The van der Waals surface area contributed by atoms with Gasteiger partial charge in [-0.1, -0.05) is 102 Å². The molecule has 4 aromatic carbocycles. The SMILES string of the molecule is COc1cc(/C=N\NC(=O)C(O)(c2ccccc2)c2ccccc2)cc(Cl)c1OCc1ccc(Cl)c(Cl)c1. The second-order valence-corrected chi connectivity index (χ2v) is 9.43. The first-order valence-corrected chi connectivity index (χ1v) is 12.6. The van der Waals surface area contributed by atoms with Gasteiger partial charge >= 0.3 is 0 Å². The summed E-state index contributed by atoms with van der Waals surface area (Å²) in [5.74, 6) is -0.00911. The predicted octanol–water partition coefficient (Wildman–Crippen LogP) is 6.62. The molecule has 0 spiro atoms. The lowest BCUT2D eigenvalue weighted by atomic mass is 9.85. The second kappa shape index (κ2) is 12.3. The summed E-state index contributed by atoms with van der Waals surface area (Å²) in [6.07, 6.45) is 1.39. The highest BCUT2D eigenvalue weighted by molar-refractivity contribution is 6.42. The molecule has 4 rings (SSSR count). The molecule has 2 N–H and O–H groups in total. The first kappa shape index (κ1) is 27.5. The number of benzene rings is 4. The van der Waals surface area contributed by atoms with Crippen LogP contribution in [0.1, 0.15) is 22.3 Å². The summed E-state index contributed by atoms with van der Waals surface area (Å²) in [6, 6.07) is 25.8. The van der Waals surface area contributed by atoms with Crippen LogP contribution >= 0.6 is 34.8 Å². The van der Waals surface area contributed by atoms with Crippen molar-refractivity contribution in [3.8, 4) is 11.5 Å². The largest absolute Gasteiger partial charge is 0.493 e. The van der Waals surface area contributed by atoms with Gasteiger partial charge in [0.1, 0.15) is 6.61 Å². The Morgan fingerprint density at radius 1 is 0.895 bits per heavy atom. The third-order valence-electron chi connectivity index (χ3n) is 5.71. The fraction of sp³-hybridized carbons (Fsp3) is 0.103. The van der Waals surface area contributed by atoms with Gasteiger partial charge in [-0.15, -0.1) is 0 Å². The highest BCUT2D eigenvalue weighted by Crippen LogP contribution is 2.37. The van der Waals surface area contributed by atoms with Crippen LogP contribution in [-0.4, -0.2) is 24.3 Å². The second-order valence-electron chi connectivity index (χ2n) is 8.21. The molecule has 9 heteroatoms. The van der Waals surface area contributed by atoms with E-state index in [1.165, 1.54) is 13.3 Å². The summed E-state index contributed by atoms with van der Waals surface area (Å²) < 4.78 is 11.3. The summed E-state index contributed by atoms with van der Waals surface area (Å²) in [6.45, 7) is 0.189. The van der Waals surface area contributed by atoms with Crippen LogP contribution in [0, 0.1) is 0 Å². The molecule has 0 saturated carbocycles. The zero-order valence-electron chi connectivity index (χ0n) is 20.2. The number of hydrogen-bond donors (Lipinski definition) is 2. The Morgan fingerprint density at radius 2 is 1.53 bits per heavy atom. The highest BCUT2D eigenvalue weighted by Gasteiger charge is 2.39. The smallest absolute Gasteiger partial charge is 0.281 e. The van der Waals surface area contributed by atoms with Gasteiger partial charge in [0.15, 0.2) is 17.1 Å². The molecule has 0 aliphatic carbocycles. The maximum Gasteiger partial charge on any atom is 0.281 e. The number of carbonyl (C=O) groups excluding carboxylic acids is 1. The number of aliphatic hydroxyl groups is 1. The molecular weight excluding hydrogens is 547 g/mol. The molecule has 0 radical (unpaired) electrons. The fourth-order valence-corrected chi connectivity index (χ4v) is 4.37. The summed E-state index contributed by atoms with van der Waals surface area (Å²) in [7, 11) is 1.49. The van der Waals surface area contributed by atoms with E-state index in [1.807, 2.05) is 0 Å². The van der Waals surface area contributed by atoms with Crippen LogP contribution in [0.3, 0.4) is 0 Å². The summed E-state index contributed by atoms with van der Waals surface area (Å²) >= 11 is 18.5. The van der Waals surface area contributed by atoms with Crippen molar-refractivity contribution >= 4 is 46.9 Å². The monoisotopic (exact) mass is 568 g/mol. The average molecular weight is 570 g/mol. The van der Waals surface area contributed by atoms with Crippen molar-refractivity contribution in [2.45, 2.75) is 12.2 Å². The van der Waals surface area contributed by atoms with E-state index in [4.69, 9.17) is 44.3 Å². The third kappa shape index (κ3) is 6.11. The average Bonchev–Trinajstić information content (AvgIpc) is 2.94. The lowest BCUT2D eigenvalue weighted by Gasteiger charge is -2.27. The van der Waals surface area contributed by atoms with Gasteiger partial charge in [-0.3, -0.25) is 4.79 Å². The van der Waals surface area contributed by atoms with E-state index in [1.54, 1.807) is 91.0 Å². The van der Waals surface area contributed by atoms with Gasteiger partial charge in [0.2, 0.25) is 0 Å². The van der Waals surface area contributed by atoms with Crippen molar-refractivity contribution < 1.29 is 19.4 Å². The zero-order chi connectivity index (χ0) is 27.1. The molecule has 0 saturated heterocycles. The number of carbonyl (C=O) groups is 1. The summed E-state index contributed by atoms with van der Waals surface area (Å²) in [5, 5.41) is 16.7. The van der Waals surface area contributed by atoms with Gasteiger partial charge < -0.3 is 14.6 Å². The van der Waals surface area contributed by atoms with E-state index < -0.39 is 11.5 Å². The lowest BCUT2D eigenvalue weighted by Crippen LogP contribution is -2.43. The third-order valence-corrected chi connectivity index (χ3v) is 6.73. The van der Waals surface area contributed by atoms with E-state index >= 15 is 0 Å². The molecule has 0 aliphatic heterocycles. The summed E-state index contributed by atoms with van der Waals surface area (Å²) in [4.78, 5) is 13.2. The predicted molar refractivity (Wildman–Crippen MR) is 150 cm³/mol. The summed E-state index contributed by atoms with van der Waals surface area (Å²) in [5.41, 5.74) is 2.65. The number of ether oxygens (including phenoxy) is 2.